The maximum Gasteiger partial charge on any atom is 0.130 e. The predicted molar refractivity (Wildman–Crippen MR) is 71.6 cm³/mol. The normalized spacial score (nSPS) is 23.9. The van der Waals surface area contributed by atoms with Crippen LogP contribution < -0.4 is 10.1 Å². The minimum Gasteiger partial charge on any atom is -0.497 e. The number of nitrogens with one attached hydrogen (secondary N) is 1. The van der Waals surface area contributed by atoms with Crippen molar-refractivity contribution in [2.45, 2.75) is 44.6 Å². The molecular weight excluding hydrogens is 229 g/mol. The average Bonchev–Trinajstić information content (AvgIpc) is 2.40. The summed E-state index contributed by atoms with van der Waals surface area (Å²) in [4.78, 5) is 0. The minimum atomic E-state index is -0.135. The number of halogens is 1. The van der Waals surface area contributed by atoms with E-state index in [0.717, 1.165) is 24.9 Å². The van der Waals surface area contributed by atoms with Crippen molar-refractivity contribution in [1.29, 1.82) is 0 Å². The Balaban J connectivity index is 2.22. The number of benzene rings is 1. The van der Waals surface area contributed by atoms with Gasteiger partial charge >= 0.3 is 0 Å². The van der Waals surface area contributed by atoms with Crippen LogP contribution in [0.3, 0.4) is 0 Å². The van der Waals surface area contributed by atoms with E-state index in [1.807, 2.05) is 12.1 Å². The SMILES string of the molecule is CCNC1CCCCC1c1ccc(OC)cc1F. The monoisotopic (exact) mass is 251 g/mol. The summed E-state index contributed by atoms with van der Waals surface area (Å²) in [6, 6.07) is 5.64. The first kappa shape index (κ1) is 13.3. The Morgan fingerprint density at radius 3 is 2.78 bits per heavy atom. The third kappa shape index (κ3) is 2.83. The van der Waals surface area contributed by atoms with Crippen LogP contribution in [0.25, 0.3) is 0 Å². The van der Waals surface area contributed by atoms with Gasteiger partial charge in [-0.05, 0) is 31.0 Å². The average molecular weight is 251 g/mol. The highest BCUT2D eigenvalue weighted by Gasteiger charge is 2.27. The van der Waals surface area contributed by atoms with Crippen LogP contribution in [0.1, 0.15) is 44.1 Å². The van der Waals surface area contributed by atoms with Gasteiger partial charge in [0.05, 0.1) is 7.11 Å². The molecule has 2 nitrogen and oxygen atoms in total. The van der Waals surface area contributed by atoms with E-state index in [2.05, 4.69) is 12.2 Å². The highest BCUT2D eigenvalue weighted by atomic mass is 19.1. The number of rotatable bonds is 4. The van der Waals surface area contributed by atoms with Crippen LogP contribution in [0.4, 0.5) is 4.39 Å². The van der Waals surface area contributed by atoms with Crippen LogP contribution in [0.15, 0.2) is 18.2 Å². The standard InChI is InChI=1S/C15H22FNO/c1-3-17-15-7-5-4-6-13(15)12-9-8-11(18-2)10-14(12)16/h8-10,13,15,17H,3-7H2,1-2H3. The number of likely N-dealkylation sites (N-methyl/N-ethyl adjacent to an activating group) is 1. The lowest BCUT2D eigenvalue weighted by Gasteiger charge is -2.32. The van der Waals surface area contributed by atoms with Crippen LogP contribution in [-0.4, -0.2) is 19.7 Å². The molecule has 1 N–H and O–H groups in total. The molecule has 0 heterocycles. The zero-order valence-electron chi connectivity index (χ0n) is 11.2. The van der Waals surface area contributed by atoms with Crippen LogP contribution in [-0.2, 0) is 0 Å². The summed E-state index contributed by atoms with van der Waals surface area (Å²) in [5.41, 5.74) is 0.835. The Kier molecular flexibility index (Phi) is 4.59. The highest BCUT2D eigenvalue weighted by Crippen LogP contribution is 2.35. The molecule has 0 saturated heterocycles. The van der Waals surface area contributed by atoms with Crippen LogP contribution in [0.5, 0.6) is 5.75 Å². The predicted octanol–water partition coefficient (Wildman–Crippen LogP) is 3.47. The molecule has 1 aliphatic rings. The Morgan fingerprint density at radius 2 is 2.11 bits per heavy atom. The summed E-state index contributed by atoms with van der Waals surface area (Å²) in [5.74, 6) is 0.751. The van der Waals surface area contributed by atoms with Crippen molar-refractivity contribution in [1.82, 2.24) is 5.32 Å². The quantitative estimate of drug-likeness (QED) is 0.884. The molecular formula is C15H22FNO. The summed E-state index contributed by atoms with van der Waals surface area (Å²) in [5, 5.41) is 3.49. The Labute approximate surface area is 109 Å². The van der Waals surface area contributed by atoms with E-state index in [-0.39, 0.29) is 5.82 Å². The Morgan fingerprint density at radius 1 is 1.33 bits per heavy atom. The lowest BCUT2D eigenvalue weighted by molar-refractivity contribution is 0.325. The van der Waals surface area contributed by atoms with Gasteiger partial charge in [0.1, 0.15) is 11.6 Å². The lowest BCUT2D eigenvalue weighted by atomic mass is 9.79. The molecule has 100 valence electrons. The largest absolute Gasteiger partial charge is 0.497 e. The van der Waals surface area contributed by atoms with Crippen molar-refractivity contribution in [2.24, 2.45) is 0 Å². The third-order valence-electron chi connectivity index (χ3n) is 3.84. The molecule has 1 fully saturated rings. The van der Waals surface area contributed by atoms with E-state index in [4.69, 9.17) is 4.74 Å². The summed E-state index contributed by atoms with van der Waals surface area (Å²) >= 11 is 0. The smallest absolute Gasteiger partial charge is 0.130 e. The molecule has 0 spiro atoms. The van der Waals surface area contributed by atoms with Crippen LogP contribution >= 0.6 is 0 Å². The van der Waals surface area contributed by atoms with Crippen molar-refractivity contribution < 1.29 is 9.13 Å². The maximum atomic E-state index is 14.1. The fourth-order valence-electron chi connectivity index (χ4n) is 2.95. The van der Waals surface area contributed by atoms with Gasteiger partial charge in [-0.15, -0.1) is 0 Å². The zero-order chi connectivity index (χ0) is 13.0. The summed E-state index contributed by atoms with van der Waals surface area (Å²) in [7, 11) is 1.57. The van der Waals surface area contributed by atoms with Crippen LogP contribution in [0, 0.1) is 5.82 Å². The first-order chi connectivity index (χ1) is 8.76. The molecule has 2 unspecified atom stereocenters. The van der Waals surface area contributed by atoms with Gasteiger partial charge in [-0.1, -0.05) is 25.8 Å². The fraction of sp³-hybridized carbons (Fsp3) is 0.600. The maximum absolute atomic E-state index is 14.1. The zero-order valence-corrected chi connectivity index (χ0v) is 11.2. The topological polar surface area (TPSA) is 21.3 Å². The molecule has 0 aliphatic heterocycles. The van der Waals surface area contributed by atoms with Gasteiger partial charge in [-0.2, -0.15) is 0 Å². The van der Waals surface area contributed by atoms with Crippen molar-refractivity contribution >= 4 is 0 Å². The summed E-state index contributed by atoms with van der Waals surface area (Å²) < 4.78 is 19.2. The number of ether oxygens (including phenoxy) is 1. The van der Waals surface area contributed by atoms with E-state index in [9.17, 15) is 4.39 Å². The fourth-order valence-corrected chi connectivity index (χ4v) is 2.95. The number of hydrogen-bond donors (Lipinski definition) is 1. The molecule has 1 saturated carbocycles. The van der Waals surface area contributed by atoms with E-state index in [1.54, 1.807) is 7.11 Å². The van der Waals surface area contributed by atoms with Crippen molar-refractivity contribution in [3.63, 3.8) is 0 Å². The van der Waals surface area contributed by atoms with E-state index >= 15 is 0 Å². The molecule has 1 aromatic rings. The van der Waals surface area contributed by atoms with Crippen molar-refractivity contribution in [2.75, 3.05) is 13.7 Å². The second kappa shape index (κ2) is 6.19. The van der Waals surface area contributed by atoms with Gasteiger partial charge in [-0.3, -0.25) is 0 Å². The first-order valence-corrected chi connectivity index (χ1v) is 6.83. The molecule has 2 rings (SSSR count). The highest BCUT2D eigenvalue weighted by molar-refractivity contribution is 5.32. The van der Waals surface area contributed by atoms with Gasteiger partial charge in [0.15, 0.2) is 0 Å². The van der Waals surface area contributed by atoms with E-state index < -0.39 is 0 Å². The molecule has 0 amide bonds. The van der Waals surface area contributed by atoms with Gasteiger partial charge < -0.3 is 10.1 Å². The van der Waals surface area contributed by atoms with Gasteiger partial charge in [0.2, 0.25) is 0 Å². The first-order valence-electron chi connectivity index (χ1n) is 6.83. The molecule has 0 radical (unpaired) electrons. The van der Waals surface area contributed by atoms with Gasteiger partial charge in [0.25, 0.3) is 0 Å². The molecule has 0 bridgehead atoms. The molecule has 0 aromatic heterocycles. The van der Waals surface area contributed by atoms with E-state index in [0.29, 0.717) is 17.7 Å². The summed E-state index contributed by atoms with van der Waals surface area (Å²) in [6.45, 7) is 3.05. The van der Waals surface area contributed by atoms with E-state index in [1.165, 1.54) is 18.9 Å². The lowest BCUT2D eigenvalue weighted by Crippen LogP contribution is -2.37. The number of hydrogen-bond acceptors (Lipinski definition) is 2. The van der Waals surface area contributed by atoms with Gasteiger partial charge in [-0.25, -0.2) is 4.39 Å². The molecule has 2 atom stereocenters. The van der Waals surface area contributed by atoms with Crippen molar-refractivity contribution in [3.8, 4) is 5.75 Å². The molecule has 18 heavy (non-hydrogen) atoms. The molecule has 1 aliphatic carbocycles. The minimum absolute atomic E-state index is 0.135. The second-order valence-electron chi connectivity index (χ2n) is 4.94. The molecule has 3 heteroatoms. The summed E-state index contributed by atoms with van der Waals surface area (Å²) in [6.07, 6.45) is 4.65. The Hall–Kier alpha value is -1.09. The second-order valence-corrected chi connectivity index (χ2v) is 4.94. The molecule has 1 aromatic carbocycles. The van der Waals surface area contributed by atoms with Crippen molar-refractivity contribution in [3.05, 3.63) is 29.6 Å². The third-order valence-corrected chi connectivity index (χ3v) is 3.84. The van der Waals surface area contributed by atoms with Gasteiger partial charge in [0, 0.05) is 18.0 Å². The van der Waals surface area contributed by atoms with Crippen LogP contribution in [0.2, 0.25) is 0 Å². The number of methoxy groups -OCH3 is 1. The Bertz CT molecular complexity index is 392.